The molecule has 0 aromatic heterocycles. The summed E-state index contributed by atoms with van der Waals surface area (Å²) in [6, 6.07) is 5.51. The molecule has 0 spiro atoms. The van der Waals surface area contributed by atoms with Gasteiger partial charge in [-0.25, -0.2) is 0 Å². The highest BCUT2D eigenvalue weighted by Crippen LogP contribution is 2.26. The largest absolute Gasteiger partial charge is 0.368 e. The average Bonchev–Trinajstić information content (AvgIpc) is 2.40. The number of nitro groups is 1. The van der Waals surface area contributed by atoms with Crippen molar-refractivity contribution < 1.29 is 14.5 Å². The first-order valence-corrected chi connectivity index (χ1v) is 5.81. The molecule has 1 aromatic carbocycles. The number of carbonyl (C=O) groups excluding carboxylic acids is 2. The Morgan fingerprint density at radius 1 is 1.37 bits per heavy atom. The van der Waals surface area contributed by atoms with E-state index in [1.807, 2.05) is 0 Å². The number of likely N-dealkylation sites (tertiary alicyclic amines) is 1. The van der Waals surface area contributed by atoms with E-state index in [9.17, 15) is 19.7 Å². The minimum atomic E-state index is -0.608. The molecule has 1 aromatic rings. The molecule has 1 aliphatic rings. The second-order valence-corrected chi connectivity index (χ2v) is 4.30. The van der Waals surface area contributed by atoms with Crippen LogP contribution in [0.3, 0.4) is 0 Å². The van der Waals surface area contributed by atoms with Gasteiger partial charge in [-0.1, -0.05) is 12.1 Å². The third kappa shape index (κ3) is 2.54. The monoisotopic (exact) mass is 263 g/mol. The fraction of sp³-hybridized carbons (Fsp3) is 0.333. The molecule has 1 atom stereocenters. The van der Waals surface area contributed by atoms with Crippen molar-refractivity contribution in [2.75, 3.05) is 12.4 Å². The van der Waals surface area contributed by atoms with Crippen molar-refractivity contribution in [1.29, 1.82) is 0 Å². The van der Waals surface area contributed by atoms with Crippen LogP contribution in [0.25, 0.3) is 0 Å². The van der Waals surface area contributed by atoms with Crippen LogP contribution in [0.1, 0.15) is 12.8 Å². The number of piperidine rings is 1. The van der Waals surface area contributed by atoms with Crippen molar-refractivity contribution in [3.8, 4) is 0 Å². The minimum Gasteiger partial charge on any atom is -0.368 e. The van der Waals surface area contributed by atoms with Crippen molar-refractivity contribution >= 4 is 23.2 Å². The van der Waals surface area contributed by atoms with E-state index in [4.69, 9.17) is 0 Å². The smallest absolute Gasteiger partial charge is 0.292 e. The zero-order valence-corrected chi connectivity index (χ0v) is 10.3. The molecule has 0 bridgehead atoms. The number of carbonyl (C=O) groups is 2. The van der Waals surface area contributed by atoms with Gasteiger partial charge in [0.15, 0.2) is 0 Å². The fourth-order valence-electron chi connectivity index (χ4n) is 1.99. The summed E-state index contributed by atoms with van der Waals surface area (Å²) in [7, 11) is 1.41. The van der Waals surface area contributed by atoms with Gasteiger partial charge < -0.3 is 5.32 Å². The van der Waals surface area contributed by atoms with Crippen LogP contribution in [-0.4, -0.2) is 34.7 Å². The number of para-hydroxylation sites is 2. The lowest BCUT2D eigenvalue weighted by molar-refractivity contribution is -0.384. The van der Waals surface area contributed by atoms with Crippen LogP contribution in [0.5, 0.6) is 0 Å². The maximum absolute atomic E-state index is 11.9. The Labute approximate surface area is 109 Å². The van der Waals surface area contributed by atoms with Crippen LogP contribution in [0.4, 0.5) is 11.4 Å². The number of rotatable bonds is 3. The molecule has 1 unspecified atom stereocenters. The van der Waals surface area contributed by atoms with Gasteiger partial charge in [0.1, 0.15) is 11.7 Å². The predicted molar refractivity (Wildman–Crippen MR) is 67.5 cm³/mol. The molecule has 1 fully saturated rings. The van der Waals surface area contributed by atoms with E-state index in [1.165, 1.54) is 13.1 Å². The van der Waals surface area contributed by atoms with Crippen molar-refractivity contribution in [2.24, 2.45) is 0 Å². The second-order valence-electron chi connectivity index (χ2n) is 4.30. The number of nitrogens with zero attached hydrogens (tertiary/aromatic N) is 2. The molecule has 1 aliphatic heterocycles. The zero-order chi connectivity index (χ0) is 14.0. The third-order valence-electron chi connectivity index (χ3n) is 3.08. The molecule has 100 valence electrons. The lowest BCUT2D eigenvalue weighted by atomic mass is 10.0. The van der Waals surface area contributed by atoms with E-state index in [-0.39, 0.29) is 29.6 Å². The quantitative estimate of drug-likeness (QED) is 0.501. The normalized spacial score (nSPS) is 19.4. The van der Waals surface area contributed by atoms with E-state index in [1.54, 1.807) is 18.2 Å². The second kappa shape index (κ2) is 5.05. The summed E-state index contributed by atoms with van der Waals surface area (Å²) in [5.74, 6) is -0.597. The first-order valence-electron chi connectivity index (χ1n) is 5.81. The molecule has 1 N–H and O–H groups in total. The van der Waals surface area contributed by atoms with Crippen LogP contribution < -0.4 is 5.32 Å². The van der Waals surface area contributed by atoms with Gasteiger partial charge in [0.05, 0.1) is 4.92 Å². The van der Waals surface area contributed by atoms with Crippen molar-refractivity contribution in [3.05, 3.63) is 34.4 Å². The number of hydrogen-bond donors (Lipinski definition) is 1. The molecule has 1 heterocycles. The van der Waals surface area contributed by atoms with Gasteiger partial charge in [-0.15, -0.1) is 0 Å². The summed E-state index contributed by atoms with van der Waals surface area (Å²) in [5.41, 5.74) is 0.198. The van der Waals surface area contributed by atoms with Gasteiger partial charge in [0.2, 0.25) is 5.91 Å². The van der Waals surface area contributed by atoms with Gasteiger partial charge in [0, 0.05) is 19.5 Å². The van der Waals surface area contributed by atoms with E-state index in [2.05, 4.69) is 5.32 Å². The predicted octanol–water partition coefficient (Wildman–Crippen LogP) is 1.15. The van der Waals surface area contributed by atoms with Gasteiger partial charge in [-0.3, -0.25) is 24.6 Å². The Morgan fingerprint density at radius 2 is 2.05 bits per heavy atom. The van der Waals surface area contributed by atoms with Crippen molar-refractivity contribution in [2.45, 2.75) is 18.9 Å². The number of likely N-dealkylation sites (N-methyl/N-ethyl adjacent to an activating group) is 1. The van der Waals surface area contributed by atoms with Crippen LogP contribution in [0.2, 0.25) is 0 Å². The summed E-state index contributed by atoms with van der Waals surface area (Å²) < 4.78 is 0. The zero-order valence-electron chi connectivity index (χ0n) is 10.3. The number of nitro benzene ring substituents is 1. The Hall–Kier alpha value is -2.44. The van der Waals surface area contributed by atoms with Crippen LogP contribution >= 0.6 is 0 Å². The average molecular weight is 263 g/mol. The molecule has 0 radical (unpaired) electrons. The lowest BCUT2D eigenvalue weighted by Gasteiger charge is -2.28. The maximum Gasteiger partial charge on any atom is 0.292 e. The Balaban J connectivity index is 2.20. The Morgan fingerprint density at radius 3 is 2.74 bits per heavy atom. The van der Waals surface area contributed by atoms with Crippen molar-refractivity contribution in [1.82, 2.24) is 4.90 Å². The molecule has 0 aliphatic carbocycles. The highest BCUT2D eigenvalue weighted by molar-refractivity contribution is 6.01. The molecule has 0 saturated carbocycles. The van der Waals surface area contributed by atoms with Crippen molar-refractivity contribution in [3.63, 3.8) is 0 Å². The number of imide groups is 1. The summed E-state index contributed by atoms with van der Waals surface area (Å²) >= 11 is 0. The summed E-state index contributed by atoms with van der Waals surface area (Å²) in [6.45, 7) is 0. The number of benzene rings is 1. The molecular formula is C12H13N3O4. The highest BCUT2D eigenvalue weighted by Gasteiger charge is 2.32. The topological polar surface area (TPSA) is 92.6 Å². The Bertz CT molecular complexity index is 544. The Kier molecular flexibility index (Phi) is 3.46. The molecule has 7 heteroatoms. The molecule has 2 rings (SSSR count). The van der Waals surface area contributed by atoms with Crippen LogP contribution in [0, 0.1) is 10.1 Å². The minimum absolute atomic E-state index is 0.0881. The summed E-state index contributed by atoms with van der Waals surface area (Å²) in [5, 5.41) is 13.7. The summed E-state index contributed by atoms with van der Waals surface area (Å²) in [6.07, 6.45) is 0.592. The molecule has 19 heavy (non-hydrogen) atoms. The van der Waals surface area contributed by atoms with Gasteiger partial charge in [-0.05, 0) is 12.5 Å². The van der Waals surface area contributed by atoms with Gasteiger partial charge in [-0.2, -0.15) is 0 Å². The fourth-order valence-corrected chi connectivity index (χ4v) is 1.99. The molecule has 1 saturated heterocycles. The highest BCUT2D eigenvalue weighted by atomic mass is 16.6. The maximum atomic E-state index is 11.9. The summed E-state index contributed by atoms with van der Waals surface area (Å²) in [4.78, 5) is 34.7. The van der Waals surface area contributed by atoms with E-state index in [0.29, 0.717) is 6.42 Å². The van der Waals surface area contributed by atoms with Crippen LogP contribution in [0.15, 0.2) is 24.3 Å². The van der Waals surface area contributed by atoms with E-state index >= 15 is 0 Å². The molecule has 2 amide bonds. The molecular weight excluding hydrogens is 250 g/mol. The van der Waals surface area contributed by atoms with Gasteiger partial charge >= 0.3 is 0 Å². The number of nitrogens with one attached hydrogen (secondary N) is 1. The standard InChI is InChI=1S/C12H13N3O4/c1-14-11(16)7-6-9(12(14)17)13-8-4-2-3-5-10(8)15(18)19/h2-5,9,13H,6-7H2,1H3. The van der Waals surface area contributed by atoms with E-state index in [0.717, 1.165) is 4.90 Å². The van der Waals surface area contributed by atoms with E-state index < -0.39 is 11.0 Å². The first kappa shape index (κ1) is 13.0. The first-order chi connectivity index (χ1) is 9.00. The number of anilines is 1. The van der Waals surface area contributed by atoms with Gasteiger partial charge in [0.25, 0.3) is 11.6 Å². The number of amides is 2. The molecule has 7 nitrogen and oxygen atoms in total. The van der Waals surface area contributed by atoms with Crippen LogP contribution in [-0.2, 0) is 9.59 Å². The lowest BCUT2D eigenvalue weighted by Crippen LogP contribution is -2.48. The number of hydrogen-bond acceptors (Lipinski definition) is 5. The SMILES string of the molecule is CN1C(=O)CCC(Nc2ccccc2[N+](=O)[O-])C1=O. The third-order valence-corrected chi connectivity index (χ3v) is 3.08.